The second-order valence-electron chi connectivity index (χ2n) is 3.25. The Morgan fingerprint density at radius 2 is 2.40 bits per heavy atom. The van der Waals surface area contributed by atoms with Crippen LogP contribution in [0.15, 0.2) is 11.4 Å². The van der Waals surface area contributed by atoms with E-state index in [0.29, 0.717) is 0 Å². The van der Waals surface area contributed by atoms with Crippen LogP contribution >= 0.6 is 11.3 Å². The molecule has 0 saturated carbocycles. The molecule has 1 rings (SSSR count). The molecule has 0 fully saturated rings. The fourth-order valence-corrected chi connectivity index (χ4v) is 2.13. The van der Waals surface area contributed by atoms with Crippen molar-refractivity contribution in [3.05, 3.63) is 16.3 Å². The molecule has 0 aliphatic heterocycles. The summed E-state index contributed by atoms with van der Waals surface area (Å²) in [4.78, 5) is 1.26. The first-order valence-electron chi connectivity index (χ1n) is 5.13. The van der Waals surface area contributed by atoms with Crippen molar-refractivity contribution in [1.82, 2.24) is 5.32 Å². The Bertz CT molecular complexity index is 314. The van der Waals surface area contributed by atoms with Crippen LogP contribution in [0.5, 0.6) is 5.75 Å². The van der Waals surface area contributed by atoms with Crippen LogP contribution in [0.3, 0.4) is 0 Å². The molecular weight excluding hydrogens is 206 g/mol. The molecule has 0 bridgehead atoms. The van der Waals surface area contributed by atoms with Crippen molar-refractivity contribution in [3.63, 3.8) is 0 Å². The predicted molar refractivity (Wildman–Crippen MR) is 65.3 cm³/mol. The van der Waals surface area contributed by atoms with Gasteiger partial charge in [-0.05, 0) is 30.8 Å². The lowest BCUT2D eigenvalue weighted by Gasteiger charge is -2.04. The molecule has 0 amide bonds. The molecule has 0 aliphatic rings. The zero-order valence-electron chi connectivity index (χ0n) is 9.08. The maximum absolute atomic E-state index is 5.22. The molecule has 0 spiro atoms. The van der Waals surface area contributed by atoms with Gasteiger partial charge in [-0.2, -0.15) is 0 Å². The van der Waals surface area contributed by atoms with Crippen molar-refractivity contribution in [3.8, 4) is 18.1 Å². The van der Waals surface area contributed by atoms with Crippen LogP contribution in [0.25, 0.3) is 0 Å². The lowest BCUT2D eigenvalue weighted by Crippen LogP contribution is -2.14. The molecule has 0 saturated heterocycles. The van der Waals surface area contributed by atoms with E-state index < -0.39 is 0 Å². The molecule has 2 nitrogen and oxygen atoms in total. The van der Waals surface area contributed by atoms with Gasteiger partial charge in [0.05, 0.1) is 12.0 Å². The highest BCUT2D eigenvalue weighted by molar-refractivity contribution is 7.10. The number of terminal acetylenes is 1. The zero-order valence-corrected chi connectivity index (χ0v) is 9.90. The van der Waals surface area contributed by atoms with E-state index >= 15 is 0 Å². The minimum Gasteiger partial charge on any atom is -0.496 e. The quantitative estimate of drug-likeness (QED) is 0.567. The van der Waals surface area contributed by atoms with E-state index in [2.05, 4.69) is 11.2 Å². The minimum absolute atomic E-state index is 0.879. The van der Waals surface area contributed by atoms with Gasteiger partial charge >= 0.3 is 0 Å². The van der Waals surface area contributed by atoms with Gasteiger partial charge in [0, 0.05) is 13.0 Å². The van der Waals surface area contributed by atoms with Crippen LogP contribution in [0, 0.1) is 12.3 Å². The molecule has 1 N–H and O–H groups in total. The molecule has 0 aromatic carbocycles. The maximum atomic E-state index is 5.22. The second-order valence-corrected chi connectivity index (χ2v) is 4.25. The van der Waals surface area contributed by atoms with Crippen LogP contribution in [-0.2, 0) is 6.54 Å². The summed E-state index contributed by atoms with van der Waals surface area (Å²) in [5.41, 5.74) is 0. The summed E-state index contributed by atoms with van der Waals surface area (Å²) in [6, 6.07) is 2.00. The van der Waals surface area contributed by atoms with E-state index in [9.17, 15) is 0 Å². The first-order chi connectivity index (χ1) is 7.38. The van der Waals surface area contributed by atoms with Crippen LogP contribution in [0.4, 0.5) is 0 Å². The van der Waals surface area contributed by atoms with Gasteiger partial charge in [0.15, 0.2) is 0 Å². The highest BCUT2D eigenvalue weighted by atomic mass is 32.1. The smallest absolute Gasteiger partial charge is 0.134 e. The van der Waals surface area contributed by atoms with Crippen molar-refractivity contribution in [2.75, 3.05) is 13.7 Å². The zero-order chi connectivity index (χ0) is 10.9. The third-order valence-electron chi connectivity index (χ3n) is 2.13. The van der Waals surface area contributed by atoms with Gasteiger partial charge < -0.3 is 10.1 Å². The molecule has 1 aromatic rings. The SMILES string of the molecule is C#CCCCCNCc1sccc1OC. The van der Waals surface area contributed by atoms with Gasteiger partial charge in [0.2, 0.25) is 0 Å². The third-order valence-corrected chi connectivity index (χ3v) is 3.04. The Morgan fingerprint density at radius 3 is 3.13 bits per heavy atom. The van der Waals surface area contributed by atoms with Crippen LogP contribution in [-0.4, -0.2) is 13.7 Å². The standard InChI is InChI=1S/C12H17NOS/c1-3-4-5-6-8-13-10-12-11(14-2)7-9-15-12/h1,7,9,13H,4-6,8,10H2,2H3. The Balaban J connectivity index is 2.12. The number of unbranched alkanes of at least 4 members (excludes halogenated alkanes) is 2. The maximum Gasteiger partial charge on any atom is 0.134 e. The molecule has 0 radical (unpaired) electrons. The summed E-state index contributed by atoms with van der Waals surface area (Å²) in [6.45, 7) is 1.90. The molecule has 3 heteroatoms. The van der Waals surface area contributed by atoms with Crippen molar-refractivity contribution in [2.24, 2.45) is 0 Å². The molecule has 0 atom stereocenters. The number of hydrogen-bond donors (Lipinski definition) is 1. The van der Waals surface area contributed by atoms with Gasteiger partial charge in [0.1, 0.15) is 5.75 Å². The largest absolute Gasteiger partial charge is 0.496 e. The van der Waals surface area contributed by atoms with E-state index in [1.165, 1.54) is 4.88 Å². The molecule has 0 aliphatic carbocycles. The van der Waals surface area contributed by atoms with E-state index in [0.717, 1.165) is 38.1 Å². The van der Waals surface area contributed by atoms with E-state index in [4.69, 9.17) is 11.2 Å². The number of ether oxygens (including phenoxy) is 1. The summed E-state index contributed by atoms with van der Waals surface area (Å²) in [6.07, 6.45) is 8.29. The number of thiophene rings is 1. The molecular formula is C12H17NOS. The molecule has 15 heavy (non-hydrogen) atoms. The average Bonchev–Trinajstić information content (AvgIpc) is 2.70. The summed E-state index contributed by atoms with van der Waals surface area (Å²) in [5.74, 6) is 3.63. The first-order valence-corrected chi connectivity index (χ1v) is 6.01. The molecule has 1 aromatic heterocycles. The monoisotopic (exact) mass is 223 g/mol. The summed E-state index contributed by atoms with van der Waals surface area (Å²) < 4.78 is 5.22. The lowest BCUT2D eigenvalue weighted by molar-refractivity contribution is 0.410. The summed E-state index contributed by atoms with van der Waals surface area (Å²) >= 11 is 1.72. The second kappa shape index (κ2) is 7.33. The van der Waals surface area contributed by atoms with Crippen LogP contribution < -0.4 is 10.1 Å². The number of rotatable bonds is 7. The third kappa shape index (κ3) is 4.37. The van der Waals surface area contributed by atoms with Gasteiger partial charge in [-0.3, -0.25) is 0 Å². The topological polar surface area (TPSA) is 21.3 Å². The Morgan fingerprint density at radius 1 is 1.53 bits per heavy atom. The Labute approximate surface area is 95.7 Å². The van der Waals surface area contributed by atoms with Crippen molar-refractivity contribution in [1.29, 1.82) is 0 Å². The highest BCUT2D eigenvalue weighted by Crippen LogP contribution is 2.23. The first kappa shape index (κ1) is 12.1. The number of methoxy groups -OCH3 is 1. The van der Waals surface area contributed by atoms with E-state index in [1.54, 1.807) is 18.4 Å². The predicted octanol–water partition coefficient (Wildman–Crippen LogP) is 2.65. The average molecular weight is 223 g/mol. The van der Waals surface area contributed by atoms with E-state index in [1.807, 2.05) is 11.4 Å². The van der Waals surface area contributed by atoms with E-state index in [-0.39, 0.29) is 0 Å². The minimum atomic E-state index is 0.879. The number of nitrogens with one attached hydrogen (secondary N) is 1. The van der Waals surface area contributed by atoms with Gasteiger partial charge in [0.25, 0.3) is 0 Å². The van der Waals surface area contributed by atoms with Crippen molar-refractivity contribution in [2.45, 2.75) is 25.8 Å². The fourth-order valence-electron chi connectivity index (χ4n) is 1.32. The highest BCUT2D eigenvalue weighted by Gasteiger charge is 2.02. The normalized spacial score (nSPS) is 9.87. The summed E-state index contributed by atoms with van der Waals surface area (Å²) in [5, 5.41) is 5.43. The number of hydrogen-bond acceptors (Lipinski definition) is 3. The Kier molecular flexibility index (Phi) is 5.91. The van der Waals surface area contributed by atoms with Crippen LogP contribution in [0.1, 0.15) is 24.1 Å². The van der Waals surface area contributed by atoms with Gasteiger partial charge in [-0.1, -0.05) is 0 Å². The molecule has 82 valence electrons. The summed E-state index contributed by atoms with van der Waals surface area (Å²) in [7, 11) is 1.71. The van der Waals surface area contributed by atoms with Gasteiger partial charge in [-0.25, -0.2) is 0 Å². The van der Waals surface area contributed by atoms with Crippen LogP contribution in [0.2, 0.25) is 0 Å². The molecule has 0 unspecified atom stereocenters. The Hall–Kier alpha value is -0.980. The van der Waals surface area contributed by atoms with Crippen molar-refractivity contribution >= 4 is 11.3 Å². The van der Waals surface area contributed by atoms with Crippen molar-refractivity contribution < 1.29 is 4.74 Å². The lowest BCUT2D eigenvalue weighted by atomic mass is 10.2. The fraction of sp³-hybridized carbons (Fsp3) is 0.500. The molecule has 1 heterocycles. The van der Waals surface area contributed by atoms with Gasteiger partial charge in [-0.15, -0.1) is 23.7 Å².